The first-order valence-corrected chi connectivity index (χ1v) is 11.1. The van der Waals surface area contributed by atoms with Gasteiger partial charge in [-0.3, -0.25) is 19.6 Å². The Bertz CT molecular complexity index is 1110. The number of benzene rings is 1. The number of hydrogen-bond donors (Lipinski definition) is 0. The van der Waals surface area contributed by atoms with E-state index in [1.165, 1.54) is 26.0 Å². The van der Waals surface area contributed by atoms with E-state index in [2.05, 4.69) is 5.10 Å². The molecular weight excluding hydrogens is 434 g/mol. The molecule has 2 heterocycles. The number of nitro groups is 1. The summed E-state index contributed by atoms with van der Waals surface area (Å²) < 4.78 is 29.3. The van der Waals surface area contributed by atoms with Gasteiger partial charge >= 0.3 is 0 Å². The Labute approximate surface area is 179 Å². The van der Waals surface area contributed by atoms with Gasteiger partial charge in [0.1, 0.15) is 9.92 Å². The molecule has 0 N–H and O–H groups in total. The smallest absolute Gasteiger partial charge is 0.288 e. The highest BCUT2D eigenvalue weighted by molar-refractivity contribution is 7.89. The molecule has 1 amide bonds. The molecule has 0 aliphatic carbocycles. The van der Waals surface area contributed by atoms with Crippen LogP contribution in [0.4, 0.5) is 5.69 Å². The van der Waals surface area contributed by atoms with E-state index in [4.69, 9.17) is 11.6 Å². The Morgan fingerprint density at radius 2 is 1.90 bits per heavy atom. The average Bonchev–Trinajstić information content (AvgIpc) is 2.86. The van der Waals surface area contributed by atoms with Crippen molar-refractivity contribution in [2.75, 3.05) is 26.2 Å². The van der Waals surface area contributed by atoms with E-state index in [0.29, 0.717) is 24.4 Å². The van der Waals surface area contributed by atoms with Crippen LogP contribution in [-0.4, -0.2) is 64.4 Å². The summed E-state index contributed by atoms with van der Waals surface area (Å²) in [5.74, 6) is -0.400. The van der Waals surface area contributed by atoms with Crippen LogP contribution in [0.2, 0.25) is 5.02 Å². The van der Waals surface area contributed by atoms with Gasteiger partial charge in [0.25, 0.3) is 11.6 Å². The highest BCUT2D eigenvalue weighted by Crippen LogP contribution is 2.27. The molecule has 0 bridgehead atoms. The molecule has 1 aliphatic heterocycles. The van der Waals surface area contributed by atoms with Crippen molar-refractivity contribution in [2.45, 2.75) is 25.2 Å². The lowest BCUT2D eigenvalue weighted by Gasteiger charge is -2.22. The van der Waals surface area contributed by atoms with Gasteiger partial charge in [-0.15, -0.1) is 0 Å². The maximum atomic E-state index is 13.2. The maximum absolute atomic E-state index is 13.2. The van der Waals surface area contributed by atoms with Crippen LogP contribution < -0.4 is 0 Å². The Hall–Kier alpha value is -2.50. The van der Waals surface area contributed by atoms with Gasteiger partial charge in [-0.25, -0.2) is 8.42 Å². The minimum atomic E-state index is -3.76. The predicted molar refractivity (Wildman–Crippen MR) is 110 cm³/mol. The second kappa shape index (κ2) is 8.32. The first-order chi connectivity index (χ1) is 14.0. The van der Waals surface area contributed by atoms with Crippen molar-refractivity contribution in [2.24, 2.45) is 7.05 Å². The quantitative estimate of drug-likeness (QED) is 0.514. The summed E-state index contributed by atoms with van der Waals surface area (Å²) in [6, 6.07) is 3.89. The van der Waals surface area contributed by atoms with Gasteiger partial charge in [-0.2, -0.15) is 9.40 Å². The molecule has 0 saturated carbocycles. The summed E-state index contributed by atoms with van der Waals surface area (Å²) in [6.45, 7) is 4.26. The van der Waals surface area contributed by atoms with Crippen LogP contribution >= 0.6 is 11.6 Å². The van der Waals surface area contributed by atoms with Crippen LogP contribution in [0.5, 0.6) is 0 Å². The third-order valence-electron chi connectivity index (χ3n) is 5.17. The molecule has 1 aromatic carbocycles. The fraction of sp³-hybridized carbons (Fsp3) is 0.444. The number of aryl methyl sites for hydroxylation is 2. The van der Waals surface area contributed by atoms with Gasteiger partial charge in [0.15, 0.2) is 0 Å². The van der Waals surface area contributed by atoms with Crippen LogP contribution in [0, 0.1) is 24.0 Å². The third-order valence-corrected chi connectivity index (χ3v) is 7.64. The van der Waals surface area contributed by atoms with Gasteiger partial charge in [0.2, 0.25) is 10.0 Å². The zero-order valence-corrected chi connectivity index (χ0v) is 18.4. The van der Waals surface area contributed by atoms with Crippen LogP contribution in [0.1, 0.15) is 28.2 Å². The molecule has 12 heteroatoms. The van der Waals surface area contributed by atoms with Crippen molar-refractivity contribution >= 4 is 33.2 Å². The monoisotopic (exact) mass is 455 g/mol. The van der Waals surface area contributed by atoms with Gasteiger partial charge in [-0.05, 0) is 32.4 Å². The van der Waals surface area contributed by atoms with Crippen molar-refractivity contribution in [1.29, 1.82) is 0 Å². The number of amides is 1. The summed E-state index contributed by atoms with van der Waals surface area (Å²) >= 11 is 5.82. The largest absolute Gasteiger partial charge is 0.337 e. The van der Waals surface area contributed by atoms with Gasteiger partial charge in [0, 0.05) is 44.9 Å². The lowest BCUT2D eigenvalue weighted by molar-refractivity contribution is -0.384. The lowest BCUT2D eigenvalue weighted by atomic mass is 10.1. The molecule has 1 saturated heterocycles. The van der Waals surface area contributed by atoms with E-state index in [1.54, 1.807) is 20.9 Å². The van der Waals surface area contributed by atoms with Crippen LogP contribution in [0.3, 0.4) is 0 Å². The number of aromatic nitrogens is 2. The van der Waals surface area contributed by atoms with E-state index in [1.807, 2.05) is 0 Å². The van der Waals surface area contributed by atoms with E-state index in [9.17, 15) is 23.3 Å². The van der Waals surface area contributed by atoms with E-state index in [0.717, 1.165) is 6.07 Å². The van der Waals surface area contributed by atoms with Crippen LogP contribution in [-0.2, 0) is 17.1 Å². The summed E-state index contributed by atoms with van der Waals surface area (Å²) in [5.41, 5.74) is 0.782. The summed E-state index contributed by atoms with van der Waals surface area (Å²) in [6.07, 6.45) is 0.443. The molecule has 3 rings (SSSR count). The molecule has 1 aromatic heterocycles. The molecule has 1 aliphatic rings. The normalized spacial score (nSPS) is 15.8. The number of halogens is 1. The van der Waals surface area contributed by atoms with Crippen molar-refractivity contribution in [3.63, 3.8) is 0 Å². The fourth-order valence-electron chi connectivity index (χ4n) is 3.56. The number of rotatable bonds is 4. The van der Waals surface area contributed by atoms with Gasteiger partial charge < -0.3 is 4.90 Å². The number of sulfonamides is 1. The molecule has 0 atom stereocenters. The molecule has 0 radical (unpaired) electrons. The number of nitro benzene ring substituents is 1. The van der Waals surface area contributed by atoms with Gasteiger partial charge in [0.05, 0.1) is 16.3 Å². The molecular formula is C18H22ClN5O5S. The second-order valence-corrected chi connectivity index (χ2v) is 9.38. The van der Waals surface area contributed by atoms with Crippen molar-refractivity contribution in [3.8, 4) is 0 Å². The highest BCUT2D eigenvalue weighted by Gasteiger charge is 2.33. The predicted octanol–water partition coefficient (Wildman–Crippen LogP) is 2.14. The highest BCUT2D eigenvalue weighted by atomic mass is 35.5. The Morgan fingerprint density at radius 3 is 2.50 bits per heavy atom. The fourth-order valence-corrected chi connectivity index (χ4v) is 5.62. The molecule has 2 aromatic rings. The number of carbonyl (C=O) groups excluding carboxylic acids is 1. The maximum Gasteiger partial charge on any atom is 0.288 e. The zero-order valence-electron chi connectivity index (χ0n) is 16.8. The zero-order chi connectivity index (χ0) is 22.2. The van der Waals surface area contributed by atoms with Crippen LogP contribution in [0.25, 0.3) is 0 Å². The molecule has 162 valence electrons. The molecule has 30 heavy (non-hydrogen) atoms. The topological polar surface area (TPSA) is 119 Å². The third kappa shape index (κ3) is 4.05. The minimum Gasteiger partial charge on any atom is -0.337 e. The van der Waals surface area contributed by atoms with Crippen molar-refractivity contribution in [3.05, 3.63) is 50.3 Å². The van der Waals surface area contributed by atoms with E-state index >= 15 is 0 Å². The first kappa shape index (κ1) is 22.2. The molecule has 1 fully saturated rings. The number of hydrogen-bond acceptors (Lipinski definition) is 6. The summed E-state index contributed by atoms with van der Waals surface area (Å²) in [4.78, 5) is 25.0. The minimum absolute atomic E-state index is 0.0492. The van der Waals surface area contributed by atoms with Crippen LogP contribution in [0.15, 0.2) is 23.1 Å². The molecule has 10 nitrogen and oxygen atoms in total. The standard InChI is InChI=1S/C18H22ClN5O5S/c1-12-17(13(2)21(3)20-12)30(28,29)23-8-4-7-22(9-10-23)18(25)14-5-6-15(19)16(11-14)24(26)27/h5-6,11H,4,7-10H2,1-3H3. The van der Waals surface area contributed by atoms with Crippen molar-refractivity contribution < 1.29 is 18.1 Å². The SMILES string of the molecule is Cc1nn(C)c(C)c1S(=O)(=O)N1CCCN(C(=O)c2ccc(Cl)c([N+](=O)[O-])c2)CC1. The number of nitrogens with zero attached hydrogens (tertiary/aromatic N) is 5. The summed E-state index contributed by atoms with van der Waals surface area (Å²) in [7, 11) is -2.07. The second-order valence-electron chi connectivity index (χ2n) is 7.10. The van der Waals surface area contributed by atoms with Crippen molar-refractivity contribution in [1.82, 2.24) is 19.0 Å². The van der Waals surface area contributed by atoms with E-state index < -0.39 is 20.9 Å². The average molecular weight is 456 g/mol. The van der Waals surface area contributed by atoms with Gasteiger partial charge in [-0.1, -0.05) is 11.6 Å². The lowest BCUT2D eigenvalue weighted by Crippen LogP contribution is -2.37. The Kier molecular flexibility index (Phi) is 6.16. The Balaban J connectivity index is 1.80. The van der Waals surface area contributed by atoms with E-state index in [-0.39, 0.29) is 40.8 Å². The number of carbonyl (C=O) groups is 1. The molecule has 0 spiro atoms. The first-order valence-electron chi connectivity index (χ1n) is 9.27. The molecule has 0 unspecified atom stereocenters. The summed E-state index contributed by atoms with van der Waals surface area (Å²) in [5, 5.41) is 15.2. The Morgan fingerprint density at radius 1 is 1.20 bits per heavy atom.